The summed E-state index contributed by atoms with van der Waals surface area (Å²) in [7, 11) is 0. The van der Waals surface area contributed by atoms with Crippen LogP contribution in [0.3, 0.4) is 0 Å². The predicted molar refractivity (Wildman–Crippen MR) is 100 cm³/mol. The molecule has 1 aromatic heterocycles. The summed E-state index contributed by atoms with van der Waals surface area (Å²) in [4.78, 5) is 1.11. The van der Waals surface area contributed by atoms with Crippen molar-refractivity contribution in [3.63, 3.8) is 0 Å². The Bertz CT molecular complexity index is 822. The molecule has 0 saturated heterocycles. The van der Waals surface area contributed by atoms with Gasteiger partial charge in [0, 0.05) is 16.0 Å². The van der Waals surface area contributed by atoms with Crippen molar-refractivity contribution in [1.82, 2.24) is 0 Å². The van der Waals surface area contributed by atoms with Gasteiger partial charge in [-0.3, -0.25) is 0 Å². The first kappa shape index (κ1) is 16.6. The molecular weight excluding hydrogens is 316 g/mol. The highest BCUT2D eigenvalue weighted by Crippen LogP contribution is 2.44. The van der Waals surface area contributed by atoms with Gasteiger partial charge in [0.05, 0.1) is 5.92 Å². The normalized spacial score (nSPS) is 11.2. The topological polar surface area (TPSA) is 40.5 Å². The Labute approximate surface area is 147 Å². The van der Waals surface area contributed by atoms with Crippen LogP contribution in [0.5, 0.6) is 11.5 Å². The fourth-order valence-corrected chi connectivity index (χ4v) is 4.22. The van der Waals surface area contributed by atoms with Crippen LogP contribution in [0.1, 0.15) is 44.2 Å². The maximum atomic E-state index is 10.7. The van der Waals surface area contributed by atoms with Gasteiger partial charge >= 0.3 is 0 Å². The summed E-state index contributed by atoms with van der Waals surface area (Å²) in [5, 5.41) is 23.4. The molecule has 0 aliphatic carbocycles. The van der Waals surface area contributed by atoms with E-state index in [4.69, 9.17) is 0 Å². The van der Waals surface area contributed by atoms with E-state index in [0.29, 0.717) is 11.5 Å². The van der Waals surface area contributed by atoms with Crippen LogP contribution in [0.4, 0.5) is 0 Å². The van der Waals surface area contributed by atoms with E-state index >= 15 is 0 Å². The highest BCUT2D eigenvalue weighted by atomic mass is 32.1. The van der Waals surface area contributed by atoms with Gasteiger partial charge in [0.2, 0.25) is 0 Å². The van der Waals surface area contributed by atoms with E-state index < -0.39 is 0 Å². The van der Waals surface area contributed by atoms with Gasteiger partial charge in [-0.05, 0) is 50.3 Å². The molecule has 0 saturated carbocycles. The smallest absolute Gasteiger partial charge is 0.122 e. The quantitative estimate of drug-likeness (QED) is 0.655. The van der Waals surface area contributed by atoms with Gasteiger partial charge in [0.25, 0.3) is 0 Å². The second-order valence-electron chi connectivity index (χ2n) is 6.49. The Kier molecular flexibility index (Phi) is 4.37. The minimum absolute atomic E-state index is 0.179. The Morgan fingerprint density at radius 3 is 1.71 bits per heavy atom. The fraction of sp³-hybridized carbons (Fsp3) is 0.238. The molecule has 0 spiro atoms. The van der Waals surface area contributed by atoms with Gasteiger partial charge in [-0.25, -0.2) is 0 Å². The summed E-state index contributed by atoms with van der Waals surface area (Å²) in [6.45, 7) is 7.89. The van der Waals surface area contributed by atoms with E-state index in [1.807, 2.05) is 63.4 Å². The maximum absolute atomic E-state index is 10.7. The van der Waals surface area contributed by atoms with Crippen LogP contribution in [-0.2, 0) is 0 Å². The summed E-state index contributed by atoms with van der Waals surface area (Å²) in [6.07, 6.45) is 0. The summed E-state index contributed by atoms with van der Waals surface area (Å²) >= 11 is 1.64. The van der Waals surface area contributed by atoms with Crippen molar-refractivity contribution in [2.45, 2.75) is 33.6 Å². The molecular formula is C21H22O2S. The van der Waals surface area contributed by atoms with Crippen molar-refractivity contribution >= 4 is 11.3 Å². The first-order chi connectivity index (χ1) is 11.4. The van der Waals surface area contributed by atoms with E-state index in [1.54, 1.807) is 11.3 Å². The number of benzene rings is 2. The summed E-state index contributed by atoms with van der Waals surface area (Å²) in [6, 6.07) is 12.1. The van der Waals surface area contributed by atoms with Crippen molar-refractivity contribution in [1.29, 1.82) is 0 Å². The number of hydrogen-bond donors (Lipinski definition) is 2. The molecule has 3 heteroatoms. The first-order valence-electron chi connectivity index (χ1n) is 8.02. The number of aryl methyl sites for hydroxylation is 4. The lowest BCUT2D eigenvalue weighted by atomic mass is 9.85. The SMILES string of the molecule is Cc1cc(C)c(O)c(C(c2cccs2)c2cc(C)cc(C)c2O)c1. The molecule has 0 unspecified atom stereocenters. The van der Waals surface area contributed by atoms with Gasteiger partial charge < -0.3 is 10.2 Å². The lowest BCUT2D eigenvalue weighted by molar-refractivity contribution is 0.454. The molecule has 2 nitrogen and oxygen atoms in total. The van der Waals surface area contributed by atoms with Gasteiger partial charge in [0.15, 0.2) is 0 Å². The number of thiophene rings is 1. The van der Waals surface area contributed by atoms with Crippen molar-refractivity contribution in [3.8, 4) is 11.5 Å². The van der Waals surface area contributed by atoms with E-state index in [1.165, 1.54) is 0 Å². The summed E-state index contributed by atoms with van der Waals surface area (Å²) in [5.74, 6) is 0.428. The highest BCUT2D eigenvalue weighted by Gasteiger charge is 2.25. The molecule has 2 N–H and O–H groups in total. The molecule has 24 heavy (non-hydrogen) atoms. The van der Waals surface area contributed by atoms with Crippen LogP contribution in [0.25, 0.3) is 0 Å². The molecule has 3 aromatic rings. The lowest BCUT2D eigenvalue weighted by Crippen LogP contribution is -2.05. The Morgan fingerprint density at radius 1 is 0.792 bits per heavy atom. The number of phenolic OH excluding ortho intramolecular Hbond substituents is 2. The zero-order chi connectivity index (χ0) is 17.4. The van der Waals surface area contributed by atoms with Crippen LogP contribution < -0.4 is 0 Å². The fourth-order valence-electron chi connectivity index (χ4n) is 3.36. The molecule has 124 valence electrons. The monoisotopic (exact) mass is 338 g/mol. The van der Waals surface area contributed by atoms with Crippen LogP contribution in [0.2, 0.25) is 0 Å². The standard InChI is InChI=1S/C21H22O2S/c1-12-8-14(3)20(22)16(10-12)19(18-6-5-7-24-18)17-11-13(2)9-15(4)21(17)23/h5-11,19,22-23H,1-4H3. The lowest BCUT2D eigenvalue weighted by Gasteiger charge is -2.22. The molecule has 3 rings (SSSR count). The van der Waals surface area contributed by atoms with Crippen LogP contribution in [-0.4, -0.2) is 10.2 Å². The number of aromatic hydroxyl groups is 2. The third-order valence-corrected chi connectivity index (χ3v) is 5.34. The molecule has 0 amide bonds. The molecule has 0 radical (unpaired) electrons. The van der Waals surface area contributed by atoms with Crippen LogP contribution in [0.15, 0.2) is 41.8 Å². The largest absolute Gasteiger partial charge is 0.507 e. The van der Waals surface area contributed by atoms with E-state index in [9.17, 15) is 10.2 Å². The Hall–Kier alpha value is -2.26. The first-order valence-corrected chi connectivity index (χ1v) is 8.90. The molecule has 0 atom stereocenters. The zero-order valence-corrected chi connectivity index (χ0v) is 15.2. The Balaban J connectivity index is 2.32. The Morgan fingerprint density at radius 2 is 1.29 bits per heavy atom. The van der Waals surface area contributed by atoms with Crippen molar-refractivity contribution < 1.29 is 10.2 Å². The third-order valence-electron chi connectivity index (χ3n) is 4.40. The van der Waals surface area contributed by atoms with Crippen LogP contribution in [0, 0.1) is 27.7 Å². The van der Waals surface area contributed by atoms with Crippen molar-refractivity contribution in [3.05, 3.63) is 80.0 Å². The molecule has 0 aliphatic rings. The summed E-state index contributed by atoms with van der Waals surface area (Å²) < 4.78 is 0. The molecule has 0 aliphatic heterocycles. The maximum Gasteiger partial charge on any atom is 0.122 e. The highest BCUT2D eigenvalue weighted by molar-refractivity contribution is 7.10. The van der Waals surface area contributed by atoms with Crippen LogP contribution >= 0.6 is 11.3 Å². The number of rotatable bonds is 3. The third kappa shape index (κ3) is 2.92. The second-order valence-corrected chi connectivity index (χ2v) is 7.47. The molecule has 0 fully saturated rings. The molecule has 1 heterocycles. The average molecular weight is 338 g/mol. The van der Waals surface area contributed by atoms with E-state index in [0.717, 1.165) is 38.3 Å². The summed E-state index contributed by atoms with van der Waals surface area (Å²) in [5.41, 5.74) is 5.60. The van der Waals surface area contributed by atoms with E-state index in [-0.39, 0.29) is 5.92 Å². The molecule has 0 bridgehead atoms. The second kappa shape index (κ2) is 6.33. The molecule has 2 aromatic carbocycles. The minimum atomic E-state index is -0.179. The van der Waals surface area contributed by atoms with Gasteiger partial charge in [-0.15, -0.1) is 11.3 Å². The predicted octanol–water partition coefficient (Wildman–Crippen LogP) is 5.57. The van der Waals surface area contributed by atoms with Gasteiger partial charge in [0.1, 0.15) is 11.5 Å². The van der Waals surface area contributed by atoms with Gasteiger partial charge in [-0.2, -0.15) is 0 Å². The van der Waals surface area contributed by atoms with Crippen molar-refractivity contribution in [2.75, 3.05) is 0 Å². The average Bonchev–Trinajstić information content (AvgIpc) is 3.03. The number of hydrogen-bond acceptors (Lipinski definition) is 3. The minimum Gasteiger partial charge on any atom is -0.507 e. The van der Waals surface area contributed by atoms with Gasteiger partial charge in [-0.1, -0.05) is 41.5 Å². The van der Waals surface area contributed by atoms with E-state index in [2.05, 4.69) is 6.07 Å². The zero-order valence-electron chi connectivity index (χ0n) is 14.4. The number of phenols is 2. The van der Waals surface area contributed by atoms with Crippen molar-refractivity contribution in [2.24, 2.45) is 0 Å².